The van der Waals surface area contributed by atoms with Gasteiger partial charge in [0.2, 0.25) is 11.8 Å². The quantitative estimate of drug-likeness (QED) is 0.420. The van der Waals surface area contributed by atoms with Gasteiger partial charge in [0.25, 0.3) is 0 Å². The molecule has 0 heterocycles. The van der Waals surface area contributed by atoms with Gasteiger partial charge >= 0.3 is 6.09 Å². The molecule has 3 amide bonds. The largest absolute Gasteiger partial charge is 0.492 e. The van der Waals surface area contributed by atoms with Crippen LogP contribution in [0.5, 0.6) is 5.75 Å². The Morgan fingerprint density at radius 3 is 2.06 bits per heavy atom. The molecule has 0 fully saturated rings. The molecule has 178 valence electrons. The summed E-state index contributed by atoms with van der Waals surface area (Å²) < 4.78 is 10.7. The summed E-state index contributed by atoms with van der Waals surface area (Å²) in [6.45, 7) is 5.75. The number of benzene rings is 2. The number of para-hydroxylation sites is 3. The van der Waals surface area contributed by atoms with E-state index in [9.17, 15) is 14.4 Å². The van der Waals surface area contributed by atoms with Crippen LogP contribution in [0.15, 0.2) is 48.5 Å². The van der Waals surface area contributed by atoms with Gasteiger partial charge in [0.1, 0.15) is 11.4 Å². The number of carbonyl (C=O) groups excluding carboxylic acids is 3. The summed E-state index contributed by atoms with van der Waals surface area (Å²) in [6.07, 6.45) is 0.219. The number of alkyl carbamates (subject to hydrolysis) is 1. The number of anilines is 2. The molecular formula is C24H30ClN3O5. The Labute approximate surface area is 199 Å². The lowest BCUT2D eigenvalue weighted by molar-refractivity contribution is -0.117. The zero-order valence-corrected chi connectivity index (χ0v) is 19.8. The smallest absolute Gasteiger partial charge is 0.407 e. The average Bonchev–Trinajstić information content (AvgIpc) is 2.72. The summed E-state index contributed by atoms with van der Waals surface area (Å²) in [6, 6.07) is 14.1. The Morgan fingerprint density at radius 2 is 1.45 bits per heavy atom. The van der Waals surface area contributed by atoms with E-state index in [1.165, 1.54) is 0 Å². The van der Waals surface area contributed by atoms with Gasteiger partial charge in [-0.25, -0.2) is 4.79 Å². The number of carbonyl (C=O) groups is 3. The normalized spacial score (nSPS) is 10.8. The van der Waals surface area contributed by atoms with Gasteiger partial charge in [-0.2, -0.15) is 0 Å². The highest BCUT2D eigenvalue weighted by atomic mass is 35.5. The number of amides is 3. The van der Waals surface area contributed by atoms with Crippen molar-refractivity contribution in [1.82, 2.24) is 5.32 Å². The van der Waals surface area contributed by atoms with E-state index in [1.54, 1.807) is 57.2 Å². The molecule has 2 aromatic carbocycles. The molecule has 9 heteroatoms. The van der Waals surface area contributed by atoms with Crippen molar-refractivity contribution in [2.24, 2.45) is 0 Å². The maximum absolute atomic E-state index is 12.3. The number of hydrogen-bond donors (Lipinski definition) is 3. The highest BCUT2D eigenvalue weighted by Crippen LogP contribution is 2.24. The van der Waals surface area contributed by atoms with E-state index < -0.39 is 11.7 Å². The lowest BCUT2D eigenvalue weighted by Crippen LogP contribution is -2.34. The summed E-state index contributed by atoms with van der Waals surface area (Å²) in [5.74, 6) is 0.0701. The van der Waals surface area contributed by atoms with Crippen LogP contribution >= 0.6 is 11.6 Å². The van der Waals surface area contributed by atoms with Crippen molar-refractivity contribution in [2.75, 3.05) is 23.8 Å². The molecule has 0 aromatic heterocycles. The van der Waals surface area contributed by atoms with Gasteiger partial charge in [-0.15, -0.1) is 0 Å². The molecule has 2 rings (SSSR count). The molecule has 2 aromatic rings. The molecule has 0 bridgehead atoms. The van der Waals surface area contributed by atoms with Crippen LogP contribution in [0.4, 0.5) is 16.2 Å². The standard InChI is InChI=1S/C24H30ClN3O5/c1-24(2,3)33-23(31)26-15-14-22(30)28-19-11-6-5-10-18(19)27-21(29)13-8-16-32-20-12-7-4-9-17(20)25/h4-7,9-12H,8,13-16H2,1-3H3,(H,26,31)(H,27,29)(H,28,30). The number of rotatable bonds is 10. The molecule has 0 radical (unpaired) electrons. The van der Waals surface area contributed by atoms with Crippen LogP contribution in [0.2, 0.25) is 5.02 Å². The summed E-state index contributed by atoms with van der Waals surface area (Å²) in [7, 11) is 0. The first-order valence-corrected chi connectivity index (χ1v) is 11.0. The Bertz CT molecular complexity index is 959. The number of nitrogens with one attached hydrogen (secondary N) is 3. The second kappa shape index (κ2) is 12.7. The van der Waals surface area contributed by atoms with E-state index in [4.69, 9.17) is 21.1 Å². The van der Waals surface area contributed by atoms with Crippen molar-refractivity contribution in [3.05, 3.63) is 53.6 Å². The van der Waals surface area contributed by atoms with Gasteiger partial charge in [-0.3, -0.25) is 9.59 Å². The third-order valence-corrected chi connectivity index (χ3v) is 4.45. The Kier molecular flexibility index (Phi) is 10.00. The fourth-order valence-electron chi connectivity index (χ4n) is 2.70. The molecule has 0 aliphatic rings. The van der Waals surface area contributed by atoms with Gasteiger partial charge in [-0.05, 0) is 51.5 Å². The monoisotopic (exact) mass is 475 g/mol. The van der Waals surface area contributed by atoms with Crippen molar-refractivity contribution in [1.29, 1.82) is 0 Å². The van der Waals surface area contributed by atoms with Crippen molar-refractivity contribution in [3.63, 3.8) is 0 Å². The first-order valence-electron chi connectivity index (χ1n) is 10.7. The zero-order valence-electron chi connectivity index (χ0n) is 19.1. The SMILES string of the molecule is CC(C)(C)OC(=O)NCCC(=O)Nc1ccccc1NC(=O)CCCOc1ccccc1Cl. The van der Waals surface area contributed by atoms with Crippen LogP contribution in [0.25, 0.3) is 0 Å². The molecule has 0 unspecified atom stereocenters. The summed E-state index contributed by atoms with van der Waals surface area (Å²) in [4.78, 5) is 36.2. The molecular weight excluding hydrogens is 446 g/mol. The third kappa shape index (κ3) is 10.3. The molecule has 0 atom stereocenters. The van der Waals surface area contributed by atoms with E-state index >= 15 is 0 Å². The fraction of sp³-hybridized carbons (Fsp3) is 0.375. The molecule has 33 heavy (non-hydrogen) atoms. The van der Waals surface area contributed by atoms with Crippen molar-refractivity contribution in [3.8, 4) is 5.75 Å². The Balaban J connectivity index is 1.76. The molecule has 0 spiro atoms. The Hall–Kier alpha value is -3.26. The highest BCUT2D eigenvalue weighted by Gasteiger charge is 2.16. The molecule has 0 aliphatic carbocycles. The first-order chi connectivity index (χ1) is 15.6. The third-order valence-electron chi connectivity index (χ3n) is 4.14. The van der Waals surface area contributed by atoms with Gasteiger partial charge < -0.3 is 25.4 Å². The minimum Gasteiger partial charge on any atom is -0.492 e. The Morgan fingerprint density at radius 1 is 0.879 bits per heavy atom. The number of halogens is 1. The van der Waals surface area contributed by atoms with E-state index in [-0.39, 0.29) is 31.2 Å². The minimum absolute atomic E-state index is 0.0565. The van der Waals surface area contributed by atoms with E-state index in [0.717, 1.165) is 0 Å². The molecule has 0 aliphatic heterocycles. The summed E-state index contributed by atoms with van der Waals surface area (Å²) >= 11 is 6.04. The van der Waals surface area contributed by atoms with Crippen LogP contribution in [0, 0.1) is 0 Å². The zero-order chi connectivity index (χ0) is 24.3. The second-order valence-electron chi connectivity index (χ2n) is 8.20. The van der Waals surface area contributed by atoms with Gasteiger partial charge in [0.15, 0.2) is 0 Å². The predicted octanol–water partition coefficient (Wildman–Crippen LogP) is 4.99. The summed E-state index contributed by atoms with van der Waals surface area (Å²) in [5, 5.41) is 8.60. The minimum atomic E-state index is -0.607. The molecule has 0 saturated heterocycles. The molecule has 3 N–H and O–H groups in total. The van der Waals surface area contributed by atoms with Gasteiger partial charge in [0, 0.05) is 19.4 Å². The predicted molar refractivity (Wildman–Crippen MR) is 129 cm³/mol. The maximum Gasteiger partial charge on any atom is 0.407 e. The van der Waals surface area contributed by atoms with Gasteiger partial charge in [-0.1, -0.05) is 35.9 Å². The fourth-order valence-corrected chi connectivity index (χ4v) is 2.89. The van der Waals surface area contributed by atoms with Crippen LogP contribution in [-0.2, 0) is 14.3 Å². The lowest BCUT2D eigenvalue weighted by Gasteiger charge is -2.19. The average molecular weight is 476 g/mol. The maximum atomic E-state index is 12.3. The van der Waals surface area contributed by atoms with Gasteiger partial charge in [0.05, 0.1) is 23.0 Å². The number of hydrogen-bond acceptors (Lipinski definition) is 5. The van der Waals surface area contributed by atoms with Crippen LogP contribution in [0.1, 0.15) is 40.0 Å². The highest BCUT2D eigenvalue weighted by molar-refractivity contribution is 6.32. The van der Waals surface area contributed by atoms with E-state index in [2.05, 4.69) is 16.0 Å². The first kappa shape index (κ1) is 26.0. The van der Waals surface area contributed by atoms with Crippen LogP contribution in [-0.4, -0.2) is 36.7 Å². The number of ether oxygens (including phenoxy) is 2. The molecule has 8 nitrogen and oxygen atoms in total. The summed E-state index contributed by atoms with van der Waals surface area (Å²) in [5.41, 5.74) is 0.355. The van der Waals surface area contributed by atoms with Crippen LogP contribution in [0.3, 0.4) is 0 Å². The topological polar surface area (TPSA) is 106 Å². The second-order valence-corrected chi connectivity index (χ2v) is 8.61. The van der Waals surface area contributed by atoms with Crippen molar-refractivity contribution >= 4 is 40.9 Å². The van der Waals surface area contributed by atoms with Crippen molar-refractivity contribution in [2.45, 2.75) is 45.6 Å². The van der Waals surface area contributed by atoms with Crippen molar-refractivity contribution < 1.29 is 23.9 Å². The lowest BCUT2D eigenvalue weighted by atomic mass is 10.2. The molecule has 0 saturated carbocycles. The van der Waals surface area contributed by atoms with Crippen LogP contribution < -0.4 is 20.7 Å². The van der Waals surface area contributed by atoms with E-state index in [1.807, 2.05) is 12.1 Å². The van der Waals surface area contributed by atoms with E-state index in [0.29, 0.717) is 35.2 Å².